The van der Waals surface area contributed by atoms with Crippen molar-refractivity contribution in [2.75, 3.05) is 11.4 Å². The lowest BCUT2D eigenvalue weighted by Gasteiger charge is -2.29. The van der Waals surface area contributed by atoms with Crippen LogP contribution in [-0.2, 0) is 6.42 Å². The highest BCUT2D eigenvalue weighted by Crippen LogP contribution is 2.41. The maximum atomic E-state index is 6.26. The first kappa shape index (κ1) is 12.2. The molecule has 1 saturated carbocycles. The summed E-state index contributed by atoms with van der Waals surface area (Å²) in [5.41, 5.74) is 1.05. The van der Waals surface area contributed by atoms with Crippen LogP contribution >= 0.6 is 11.6 Å². The zero-order valence-corrected chi connectivity index (χ0v) is 11.9. The third-order valence-electron chi connectivity index (χ3n) is 4.26. The molecule has 1 saturated heterocycles. The second-order valence-corrected chi connectivity index (χ2v) is 5.97. The summed E-state index contributed by atoms with van der Waals surface area (Å²) in [6, 6.07) is 0.689. The molecule has 3 rings (SSSR count). The first-order valence-corrected chi connectivity index (χ1v) is 7.36. The van der Waals surface area contributed by atoms with Gasteiger partial charge in [-0.2, -0.15) is 0 Å². The highest BCUT2D eigenvalue weighted by molar-refractivity contribution is 6.30. The molecule has 0 amide bonds. The summed E-state index contributed by atoms with van der Waals surface area (Å²) >= 11 is 6.26. The van der Waals surface area contributed by atoms with E-state index in [2.05, 4.69) is 16.8 Å². The van der Waals surface area contributed by atoms with E-state index in [1.165, 1.54) is 19.3 Å². The van der Waals surface area contributed by atoms with E-state index in [1.807, 2.05) is 6.92 Å². The lowest BCUT2D eigenvalue weighted by atomic mass is 10.1. The van der Waals surface area contributed by atoms with Crippen LogP contribution < -0.4 is 4.90 Å². The quantitative estimate of drug-likeness (QED) is 0.785. The SMILES string of the molecule is CCCc1nc(Cl)c(C)c(N2CC3CCC2C3)n1. The minimum atomic E-state index is 0.631. The minimum absolute atomic E-state index is 0.631. The lowest BCUT2D eigenvalue weighted by molar-refractivity contribution is 0.548. The maximum absolute atomic E-state index is 6.26. The molecule has 0 N–H and O–H groups in total. The highest BCUT2D eigenvalue weighted by Gasteiger charge is 2.39. The van der Waals surface area contributed by atoms with Crippen molar-refractivity contribution in [3.05, 3.63) is 16.5 Å². The van der Waals surface area contributed by atoms with Crippen molar-refractivity contribution in [3.8, 4) is 0 Å². The predicted molar refractivity (Wildman–Crippen MR) is 74.2 cm³/mol. The van der Waals surface area contributed by atoms with E-state index in [9.17, 15) is 0 Å². The number of aryl methyl sites for hydroxylation is 1. The molecule has 2 bridgehead atoms. The van der Waals surface area contributed by atoms with Crippen molar-refractivity contribution < 1.29 is 0 Å². The fraction of sp³-hybridized carbons (Fsp3) is 0.714. The van der Waals surface area contributed by atoms with Crippen molar-refractivity contribution >= 4 is 17.4 Å². The Balaban J connectivity index is 1.95. The second-order valence-electron chi connectivity index (χ2n) is 5.61. The van der Waals surface area contributed by atoms with Crippen molar-refractivity contribution in [1.29, 1.82) is 0 Å². The van der Waals surface area contributed by atoms with E-state index in [0.29, 0.717) is 11.2 Å². The van der Waals surface area contributed by atoms with Crippen LogP contribution in [0, 0.1) is 12.8 Å². The van der Waals surface area contributed by atoms with Gasteiger partial charge in [-0.3, -0.25) is 0 Å². The topological polar surface area (TPSA) is 29.0 Å². The fourth-order valence-electron chi connectivity index (χ4n) is 3.32. The molecule has 0 radical (unpaired) electrons. The van der Waals surface area contributed by atoms with Crippen LogP contribution in [0.2, 0.25) is 5.15 Å². The second kappa shape index (κ2) is 4.69. The molecule has 0 spiro atoms. The van der Waals surface area contributed by atoms with Gasteiger partial charge in [0.1, 0.15) is 16.8 Å². The zero-order valence-electron chi connectivity index (χ0n) is 11.1. The van der Waals surface area contributed by atoms with Crippen molar-refractivity contribution in [2.24, 2.45) is 5.92 Å². The van der Waals surface area contributed by atoms with Gasteiger partial charge in [0.25, 0.3) is 0 Å². The molecule has 0 aromatic carbocycles. The molecule has 98 valence electrons. The summed E-state index contributed by atoms with van der Waals surface area (Å²) in [6.45, 7) is 5.35. The molecule has 1 aliphatic heterocycles. The largest absolute Gasteiger partial charge is 0.353 e. The third-order valence-corrected chi connectivity index (χ3v) is 4.63. The first-order valence-electron chi connectivity index (χ1n) is 6.98. The van der Waals surface area contributed by atoms with Gasteiger partial charge in [-0.1, -0.05) is 18.5 Å². The number of halogens is 1. The average Bonchev–Trinajstić information content (AvgIpc) is 2.96. The van der Waals surface area contributed by atoms with E-state index in [1.54, 1.807) is 0 Å². The Morgan fingerprint density at radius 1 is 1.33 bits per heavy atom. The molecule has 1 aliphatic carbocycles. The van der Waals surface area contributed by atoms with Gasteiger partial charge in [-0.15, -0.1) is 0 Å². The summed E-state index contributed by atoms with van der Waals surface area (Å²) in [4.78, 5) is 11.6. The van der Waals surface area contributed by atoms with Crippen molar-refractivity contribution in [1.82, 2.24) is 9.97 Å². The van der Waals surface area contributed by atoms with Gasteiger partial charge in [0, 0.05) is 24.6 Å². The van der Waals surface area contributed by atoms with E-state index < -0.39 is 0 Å². The molecule has 4 heteroatoms. The molecular weight excluding hydrogens is 246 g/mol. The van der Waals surface area contributed by atoms with E-state index in [4.69, 9.17) is 16.6 Å². The predicted octanol–water partition coefficient (Wildman–Crippen LogP) is 3.38. The Labute approximate surface area is 114 Å². The standard InChI is InChI=1S/C14H20ClN3/c1-3-4-12-16-13(15)9(2)14(17-12)18-8-10-5-6-11(18)7-10/h10-11H,3-8H2,1-2H3. The Bertz CT molecular complexity index is 461. The molecule has 2 fully saturated rings. The summed E-state index contributed by atoms with van der Waals surface area (Å²) in [7, 11) is 0. The van der Waals surface area contributed by atoms with Crippen LogP contribution in [0.4, 0.5) is 5.82 Å². The monoisotopic (exact) mass is 265 g/mol. The smallest absolute Gasteiger partial charge is 0.137 e. The number of piperidine rings is 1. The fourth-order valence-corrected chi connectivity index (χ4v) is 3.50. The van der Waals surface area contributed by atoms with Gasteiger partial charge < -0.3 is 4.90 Å². The normalized spacial score (nSPS) is 26.1. The van der Waals surface area contributed by atoms with Gasteiger partial charge in [0.05, 0.1) is 0 Å². The number of hydrogen-bond donors (Lipinski definition) is 0. The van der Waals surface area contributed by atoms with Crippen LogP contribution in [0.5, 0.6) is 0 Å². The van der Waals surface area contributed by atoms with E-state index in [-0.39, 0.29) is 0 Å². The van der Waals surface area contributed by atoms with Crippen molar-refractivity contribution in [2.45, 2.75) is 52.0 Å². The summed E-state index contributed by atoms with van der Waals surface area (Å²) < 4.78 is 0. The highest BCUT2D eigenvalue weighted by atomic mass is 35.5. The number of anilines is 1. The summed E-state index contributed by atoms with van der Waals surface area (Å²) in [6.07, 6.45) is 6.01. The molecule has 1 aromatic rings. The van der Waals surface area contributed by atoms with Crippen LogP contribution in [0.1, 0.15) is 44.0 Å². The van der Waals surface area contributed by atoms with Gasteiger partial charge in [0.2, 0.25) is 0 Å². The van der Waals surface area contributed by atoms with Crippen LogP contribution in [-0.4, -0.2) is 22.6 Å². The number of hydrogen-bond acceptors (Lipinski definition) is 3. The number of rotatable bonds is 3. The Kier molecular flexibility index (Phi) is 3.18. The number of aromatic nitrogens is 2. The van der Waals surface area contributed by atoms with Gasteiger partial charge in [-0.05, 0) is 38.5 Å². The summed E-state index contributed by atoms with van der Waals surface area (Å²) in [5, 5.41) is 0.631. The molecular formula is C14H20ClN3. The first-order chi connectivity index (χ1) is 8.69. The molecule has 3 nitrogen and oxygen atoms in total. The van der Waals surface area contributed by atoms with Crippen LogP contribution in [0.25, 0.3) is 0 Å². The minimum Gasteiger partial charge on any atom is -0.353 e. The van der Waals surface area contributed by atoms with Gasteiger partial charge in [0.15, 0.2) is 0 Å². The molecule has 2 aliphatic rings. The summed E-state index contributed by atoms with van der Waals surface area (Å²) in [5.74, 6) is 2.86. The number of fused-ring (bicyclic) bond motifs is 2. The van der Waals surface area contributed by atoms with Gasteiger partial charge >= 0.3 is 0 Å². The Hall–Kier alpha value is -0.830. The molecule has 18 heavy (non-hydrogen) atoms. The number of nitrogens with zero attached hydrogens (tertiary/aromatic N) is 3. The maximum Gasteiger partial charge on any atom is 0.137 e. The van der Waals surface area contributed by atoms with Gasteiger partial charge in [-0.25, -0.2) is 9.97 Å². The zero-order chi connectivity index (χ0) is 12.7. The Morgan fingerprint density at radius 2 is 2.17 bits per heavy atom. The van der Waals surface area contributed by atoms with Crippen molar-refractivity contribution in [3.63, 3.8) is 0 Å². The molecule has 1 aromatic heterocycles. The molecule has 2 heterocycles. The van der Waals surface area contributed by atoms with E-state index >= 15 is 0 Å². The molecule has 2 unspecified atom stereocenters. The van der Waals surface area contributed by atoms with Crippen LogP contribution in [0.3, 0.4) is 0 Å². The lowest BCUT2D eigenvalue weighted by Crippen LogP contribution is -2.33. The Morgan fingerprint density at radius 3 is 2.78 bits per heavy atom. The average molecular weight is 266 g/mol. The third kappa shape index (κ3) is 1.99. The molecule has 2 atom stereocenters. The van der Waals surface area contributed by atoms with Crippen LogP contribution in [0.15, 0.2) is 0 Å². The van der Waals surface area contributed by atoms with E-state index in [0.717, 1.165) is 42.5 Å².